The quantitative estimate of drug-likeness (QED) is 0.346. The van der Waals surface area contributed by atoms with E-state index in [1.165, 1.54) is 6.33 Å². The summed E-state index contributed by atoms with van der Waals surface area (Å²) in [5.74, 6) is 1.18. The maximum atomic E-state index is 11.9. The van der Waals surface area contributed by atoms with Gasteiger partial charge in [0.1, 0.15) is 17.7 Å². The van der Waals surface area contributed by atoms with Crippen molar-refractivity contribution < 1.29 is 4.42 Å². The van der Waals surface area contributed by atoms with Crippen LogP contribution in [0.1, 0.15) is 17.0 Å². The van der Waals surface area contributed by atoms with E-state index in [1.54, 1.807) is 35.0 Å². The number of oxazole rings is 1. The molecule has 9 nitrogen and oxygen atoms in total. The summed E-state index contributed by atoms with van der Waals surface area (Å²) < 4.78 is 9.29. The summed E-state index contributed by atoms with van der Waals surface area (Å²) in [5, 5.41) is 9.27. The highest BCUT2D eigenvalue weighted by atomic mass is 35.5. The van der Waals surface area contributed by atoms with E-state index in [0.29, 0.717) is 47.6 Å². The Morgan fingerprint density at radius 1 is 0.972 bits per heavy atom. The lowest BCUT2D eigenvalue weighted by Crippen LogP contribution is -2.18. The minimum Gasteiger partial charge on any atom is -0.439 e. The summed E-state index contributed by atoms with van der Waals surface area (Å²) >= 11 is 6.03. The van der Waals surface area contributed by atoms with E-state index in [0.717, 1.165) is 22.0 Å². The molecule has 2 aromatic carbocycles. The third-order valence-corrected chi connectivity index (χ3v) is 6.02. The molecule has 36 heavy (non-hydrogen) atoms. The van der Waals surface area contributed by atoms with Crippen LogP contribution in [-0.4, -0.2) is 29.3 Å². The van der Waals surface area contributed by atoms with E-state index in [9.17, 15) is 4.79 Å². The van der Waals surface area contributed by atoms with E-state index in [2.05, 4.69) is 25.4 Å². The predicted octanol–water partition coefficient (Wildman–Crippen LogP) is 4.49. The number of benzene rings is 2. The van der Waals surface area contributed by atoms with Crippen molar-refractivity contribution in [1.29, 1.82) is 0 Å². The predicted molar refractivity (Wildman–Crippen MR) is 137 cm³/mol. The molecule has 0 radical (unpaired) electrons. The Kier molecular flexibility index (Phi) is 5.67. The van der Waals surface area contributed by atoms with Gasteiger partial charge in [0.05, 0.1) is 25.0 Å². The Balaban J connectivity index is 1.16. The highest BCUT2D eigenvalue weighted by molar-refractivity contribution is 6.31. The Bertz CT molecular complexity index is 1740. The van der Waals surface area contributed by atoms with Crippen molar-refractivity contribution in [3.05, 3.63) is 112 Å². The molecule has 0 unspecified atom stereocenters. The number of nitrogens with one attached hydrogen (secondary N) is 1. The first-order valence-corrected chi connectivity index (χ1v) is 11.7. The van der Waals surface area contributed by atoms with Crippen LogP contribution in [0.4, 0.5) is 5.82 Å². The van der Waals surface area contributed by atoms with Gasteiger partial charge in [-0.25, -0.2) is 15.0 Å². The maximum Gasteiger partial charge on any atom is 0.250 e. The number of hydrogen-bond donors (Lipinski definition) is 1. The molecule has 0 atom stereocenters. The van der Waals surface area contributed by atoms with Gasteiger partial charge < -0.3 is 14.3 Å². The first kappa shape index (κ1) is 22.0. The highest BCUT2D eigenvalue weighted by Crippen LogP contribution is 2.22. The molecule has 0 aliphatic heterocycles. The molecule has 0 bridgehead atoms. The fourth-order valence-electron chi connectivity index (χ4n) is 4.01. The second-order valence-electron chi connectivity index (χ2n) is 8.34. The molecule has 0 aliphatic carbocycles. The van der Waals surface area contributed by atoms with Crippen molar-refractivity contribution in [2.75, 3.05) is 5.32 Å². The lowest BCUT2D eigenvalue weighted by Gasteiger charge is -2.07. The zero-order valence-electron chi connectivity index (χ0n) is 19.0. The second kappa shape index (κ2) is 9.27. The van der Waals surface area contributed by atoms with Crippen LogP contribution in [0.25, 0.3) is 22.1 Å². The third kappa shape index (κ3) is 4.56. The number of pyridine rings is 1. The van der Waals surface area contributed by atoms with Gasteiger partial charge in [0.15, 0.2) is 11.2 Å². The normalized spacial score (nSPS) is 11.4. The van der Waals surface area contributed by atoms with Gasteiger partial charge in [-0.15, -0.1) is 0 Å². The minimum atomic E-state index is -0.0177. The number of hydrogen-bond acceptors (Lipinski definition) is 7. The Hall–Kier alpha value is -4.50. The molecule has 0 spiro atoms. The maximum absolute atomic E-state index is 11.9. The SMILES string of the molecule is O=c1ccccn1Cc1ccc(Cn2cc3c(NCc4nc5ccc(Cl)cc5o4)ncnc3n2)cc1. The van der Waals surface area contributed by atoms with Gasteiger partial charge in [0.2, 0.25) is 5.89 Å². The fraction of sp³-hybridized carbons (Fsp3) is 0.115. The molecular formula is C26H20ClN7O2. The average molecular weight is 498 g/mol. The molecule has 0 aliphatic rings. The number of fused-ring (bicyclic) bond motifs is 2. The minimum absolute atomic E-state index is 0.0177. The van der Waals surface area contributed by atoms with Crippen molar-refractivity contribution >= 4 is 39.6 Å². The molecule has 4 aromatic heterocycles. The van der Waals surface area contributed by atoms with Gasteiger partial charge in [-0.2, -0.15) is 5.10 Å². The topological polar surface area (TPSA) is 104 Å². The van der Waals surface area contributed by atoms with Crippen LogP contribution in [0.5, 0.6) is 0 Å². The van der Waals surface area contributed by atoms with Crippen LogP contribution in [0.2, 0.25) is 5.02 Å². The van der Waals surface area contributed by atoms with Crippen molar-refractivity contribution in [3.8, 4) is 0 Å². The van der Waals surface area contributed by atoms with Gasteiger partial charge in [-0.3, -0.25) is 9.48 Å². The van der Waals surface area contributed by atoms with E-state index in [4.69, 9.17) is 16.0 Å². The summed E-state index contributed by atoms with van der Waals surface area (Å²) in [6.45, 7) is 1.46. The van der Waals surface area contributed by atoms with E-state index in [-0.39, 0.29) is 5.56 Å². The fourth-order valence-corrected chi connectivity index (χ4v) is 4.17. The number of aromatic nitrogens is 6. The monoisotopic (exact) mass is 497 g/mol. The number of nitrogens with zero attached hydrogens (tertiary/aromatic N) is 6. The number of anilines is 1. The van der Waals surface area contributed by atoms with E-state index >= 15 is 0 Å². The second-order valence-corrected chi connectivity index (χ2v) is 8.78. The molecule has 1 N–H and O–H groups in total. The van der Waals surface area contributed by atoms with Gasteiger partial charge in [0.25, 0.3) is 5.56 Å². The molecule has 178 valence electrons. The average Bonchev–Trinajstić information content (AvgIpc) is 3.48. The van der Waals surface area contributed by atoms with Crippen molar-refractivity contribution in [2.24, 2.45) is 0 Å². The van der Waals surface area contributed by atoms with Crippen molar-refractivity contribution in [1.82, 2.24) is 29.3 Å². The Labute approximate surface area is 210 Å². The van der Waals surface area contributed by atoms with Crippen LogP contribution in [-0.2, 0) is 19.6 Å². The largest absolute Gasteiger partial charge is 0.439 e. The van der Waals surface area contributed by atoms with Gasteiger partial charge in [-0.1, -0.05) is 41.9 Å². The van der Waals surface area contributed by atoms with Crippen LogP contribution >= 0.6 is 11.6 Å². The molecule has 0 amide bonds. The summed E-state index contributed by atoms with van der Waals surface area (Å²) in [5.41, 5.74) is 4.10. The van der Waals surface area contributed by atoms with Crippen LogP contribution in [0, 0.1) is 0 Å². The van der Waals surface area contributed by atoms with Crippen LogP contribution in [0.3, 0.4) is 0 Å². The first-order chi connectivity index (χ1) is 17.6. The molecular weight excluding hydrogens is 478 g/mol. The summed E-state index contributed by atoms with van der Waals surface area (Å²) in [7, 11) is 0. The molecule has 10 heteroatoms. The van der Waals surface area contributed by atoms with Crippen molar-refractivity contribution in [2.45, 2.75) is 19.6 Å². The zero-order valence-corrected chi connectivity index (χ0v) is 19.8. The van der Waals surface area contributed by atoms with Crippen LogP contribution < -0.4 is 10.9 Å². The number of halogens is 1. The molecule has 0 fully saturated rings. The lowest BCUT2D eigenvalue weighted by molar-refractivity contribution is 0.540. The molecule has 0 saturated carbocycles. The first-order valence-electron chi connectivity index (χ1n) is 11.3. The van der Waals surface area contributed by atoms with E-state index < -0.39 is 0 Å². The number of rotatable bonds is 7. The Morgan fingerprint density at radius 3 is 2.64 bits per heavy atom. The summed E-state index contributed by atoms with van der Waals surface area (Å²) in [6.07, 6.45) is 5.19. The van der Waals surface area contributed by atoms with Gasteiger partial charge in [0, 0.05) is 29.5 Å². The highest BCUT2D eigenvalue weighted by Gasteiger charge is 2.11. The molecule has 0 saturated heterocycles. The molecule has 4 heterocycles. The lowest BCUT2D eigenvalue weighted by atomic mass is 10.1. The third-order valence-electron chi connectivity index (χ3n) is 5.79. The molecule has 6 rings (SSSR count). The molecule has 6 aromatic rings. The standard InChI is InChI=1S/C26H20ClN7O2/c27-19-8-9-21-22(11-19)36-23(31-21)12-28-25-20-15-34(32-26(20)30-16-29-25)14-18-6-4-17(5-7-18)13-33-10-2-1-3-24(33)35/h1-11,15-16H,12-14H2,(H,28,29,30,32). The Morgan fingerprint density at radius 2 is 1.81 bits per heavy atom. The zero-order chi connectivity index (χ0) is 24.5. The van der Waals surface area contributed by atoms with Gasteiger partial charge >= 0.3 is 0 Å². The van der Waals surface area contributed by atoms with E-state index in [1.807, 2.05) is 47.3 Å². The smallest absolute Gasteiger partial charge is 0.250 e. The summed E-state index contributed by atoms with van der Waals surface area (Å²) in [4.78, 5) is 25.1. The van der Waals surface area contributed by atoms with Crippen LogP contribution in [0.15, 0.2) is 88.6 Å². The summed E-state index contributed by atoms with van der Waals surface area (Å²) in [6, 6.07) is 18.6. The van der Waals surface area contributed by atoms with Crippen molar-refractivity contribution in [3.63, 3.8) is 0 Å². The van der Waals surface area contributed by atoms with Gasteiger partial charge in [-0.05, 0) is 29.3 Å².